The van der Waals surface area contributed by atoms with Crippen LogP contribution in [0.4, 0.5) is 17.6 Å². The van der Waals surface area contributed by atoms with Crippen molar-refractivity contribution in [3.63, 3.8) is 0 Å². The standard InChI is InChI=1S/C12H20N2OS.C12H19NOS.C11H18N2S.C10H14FN.C10H17N3O2.C7H8F3NS.C7H11NOS.C7H11NS.CH4/c1-8(2)13-10(15)6-9-7-16-11(14-9)12(3,4)5;1-6-14-9(2)7-10-8-15-11(13-10)12(3,4)5;1-8(12-5)6-9-7-14-10(13-9)11(2,3)4;1-7-5-8(11)9(12-6-7)10(2,3)4;1-5-15-8(14)6-13-7-11-9(12-13)10(2,3)4;1-4(2)6-11-5(3-12-6)7(8,9)10;1-5(2)7-8-4-6(9-3)10-7;1-5(2)7-8-6(3)4-9-7;/h7-8H,6H2,1-5H3,(H,13,15);8H,2,6-7H2,1,3-5H3;7,12H,1,6H2,2-5H3;5-6H,1-4H3;7H,5-6H2,1-4H3;3-4H,1-2H3;4-5H,1-3H3;4-5H,1-3H3;1H4. The number of hydrogen-bond donors (Lipinski definition) is 2. The minimum atomic E-state index is -4.30. The van der Waals surface area contributed by atoms with Gasteiger partial charge in [0.15, 0.2) is 16.6 Å². The Morgan fingerprint density at radius 2 is 1.06 bits per heavy atom. The summed E-state index contributed by atoms with van der Waals surface area (Å²) in [6, 6.07) is 1.71. The molecule has 0 atom stereocenters. The van der Waals surface area contributed by atoms with Crippen molar-refractivity contribution in [2.24, 2.45) is 0 Å². The number of ether oxygens (including phenoxy) is 3. The molecule has 584 valence electrons. The van der Waals surface area contributed by atoms with Crippen molar-refractivity contribution in [3.05, 3.63) is 158 Å². The summed E-state index contributed by atoms with van der Waals surface area (Å²) in [4.78, 5) is 56.6. The summed E-state index contributed by atoms with van der Waals surface area (Å²) in [7, 11) is 3.55. The van der Waals surface area contributed by atoms with E-state index in [0.717, 1.165) is 90.3 Å². The van der Waals surface area contributed by atoms with Crippen molar-refractivity contribution in [3.8, 4) is 5.06 Å². The first-order valence-electron chi connectivity index (χ1n) is 34.3. The average molecular weight is 1560 g/mol. The number of methoxy groups -OCH3 is 1. The van der Waals surface area contributed by atoms with Crippen LogP contribution in [0.1, 0.15) is 274 Å². The first-order valence-corrected chi connectivity index (χ1v) is 39.5. The predicted molar refractivity (Wildman–Crippen MR) is 430 cm³/mol. The summed E-state index contributed by atoms with van der Waals surface area (Å²) in [5.74, 6) is 2.23. The number of aromatic nitrogens is 10. The van der Waals surface area contributed by atoms with Crippen LogP contribution in [0.25, 0.3) is 0 Å². The number of amides is 1. The number of likely N-dealkylation sites (N-methyl/N-ethyl adjacent to an activating group) is 1. The first kappa shape index (κ1) is 97.6. The molecule has 8 heterocycles. The maximum atomic E-state index is 13.3. The molecule has 8 rings (SSSR count). The van der Waals surface area contributed by atoms with E-state index in [4.69, 9.17) is 14.2 Å². The molecule has 27 heteroatoms. The van der Waals surface area contributed by atoms with E-state index in [0.29, 0.717) is 42.2 Å². The lowest BCUT2D eigenvalue weighted by atomic mass is 9.91. The molecular weight excluding hydrogens is 1440 g/mol. The molecule has 0 radical (unpaired) electrons. The van der Waals surface area contributed by atoms with Crippen LogP contribution < -0.4 is 15.4 Å². The number of carbonyl (C=O) groups is 2. The van der Waals surface area contributed by atoms with Gasteiger partial charge in [-0.15, -0.1) is 56.7 Å². The van der Waals surface area contributed by atoms with Crippen molar-refractivity contribution >= 4 is 79.9 Å². The maximum absolute atomic E-state index is 13.3. The highest BCUT2D eigenvalue weighted by Gasteiger charge is 2.34. The summed E-state index contributed by atoms with van der Waals surface area (Å²) in [6.07, 6.45) is 2.64. The number of esters is 1. The Kier molecular flexibility index (Phi) is 42.5. The van der Waals surface area contributed by atoms with Crippen LogP contribution in [0.2, 0.25) is 0 Å². The molecular formula is C77H122F4N12O5S6. The molecule has 0 aliphatic rings. The van der Waals surface area contributed by atoms with Crippen LogP contribution >= 0.6 is 68.0 Å². The Bertz CT molecular complexity index is 3700. The normalized spacial score (nSPS) is 11.4. The van der Waals surface area contributed by atoms with Crippen LogP contribution in [-0.2, 0) is 78.1 Å². The second-order valence-corrected chi connectivity index (χ2v) is 35.6. The number of nitrogens with zero attached hydrogens (tertiary/aromatic N) is 10. The van der Waals surface area contributed by atoms with E-state index in [1.54, 1.807) is 89.4 Å². The summed E-state index contributed by atoms with van der Waals surface area (Å²) >= 11 is 9.47. The minimum Gasteiger partial charge on any atom is -0.498 e. The molecule has 8 aromatic rings. The Morgan fingerprint density at radius 3 is 1.38 bits per heavy atom. The number of pyridine rings is 1. The molecule has 1 amide bonds. The van der Waals surface area contributed by atoms with Crippen LogP contribution in [0.3, 0.4) is 0 Å². The smallest absolute Gasteiger partial charge is 0.434 e. The van der Waals surface area contributed by atoms with E-state index < -0.39 is 11.9 Å². The molecule has 0 saturated carbocycles. The van der Waals surface area contributed by atoms with Gasteiger partial charge in [0.05, 0.1) is 91.5 Å². The van der Waals surface area contributed by atoms with E-state index >= 15 is 0 Å². The maximum Gasteiger partial charge on any atom is 0.434 e. The van der Waals surface area contributed by atoms with E-state index in [9.17, 15) is 27.2 Å². The van der Waals surface area contributed by atoms with Gasteiger partial charge < -0.3 is 24.8 Å². The van der Waals surface area contributed by atoms with Gasteiger partial charge in [0.1, 0.15) is 18.7 Å². The number of carbonyl (C=O) groups excluding carboxylic acids is 2. The molecule has 0 saturated heterocycles. The largest absolute Gasteiger partial charge is 0.498 e. The van der Waals surface area contributed by atoms with Gasteiger partial charge in [-0.1, -0.05) is 177 Å². The predicted octanol–water partition coefficient (Wildman–Crippen LogP) is 21.5. The number of allylic oxidation sites excluding steroid dienone is 2. The zero-order valence-electron chi connectivity index (χ0n) is 66.6. The van der Waals surface area contributed by atoms with Gasteiger partial charge in [-0.3, -0.25) is 14.6 Å². The van der Waals surface area contributed by atoms with Crippen molar-refractivity contribution in [1.82, 2.24) is 60.3 Å². The lowest BCUT2D eigenvalue weighted by Crippen LogP contribution is -2.31. The summed E-state index contributed by atoms with van der Waals surface area (Å²) in [5.41, 5.74) is 5.86. The Labute approximate surface area is 644 Å². The van der Waals surface area contributed by atoms with Crippen LogP contribution in [0, 0.1) is 19.7 Å². The molecule has 8 aromatic heterocycles. The molecule has 0 aromatic carbocycles. The molecule has 0 aliphatic heterocycles. The lowest BCUT2D eigenvalue weighted by molar-refractivity contribution is -0.144. The second kappa shape index (κ2) is 45.3. The van der Waals surface area contributed by atoms with Crippen LogP contribution in [0.5, 0.6) is 5.06 Å². The van der Waals surface area contributed by atoms with Crippen molar-refractivity contribution in [2.45, 2.75) is 277 Å². The Morgan fingerprint density at radius 1 is 0.587 bits per heavy atom. The zero-order chi connectivity index (χ0) is 79.2. The molecule has 0 aliphatic carbocycles. The number of halogens is 4. The van der Waals surface area contributed by atoms with Gasteiger partial charge in [0.25, 0.3) is 0 Å². The Hall–Kier alpha value is -6.39. The summed E-state index contributed by atoms with van der Waals surface area (Å²) in [6.45, 7) is 64.1. The fraction of sp³-hybridized carbons (Fsp3) is 0.597. The number of rotatable bonds is 17. The summed E-state index contributed by atoms with van der Waals surface area (Å²) < 4.78 is 65.9. The molecule has 0 unspecified atom stereocenters. The van der Waals surface area contributed by atoms with E-state index in [-0.39, 0.29) is 70.7 Å². The second-order valence-electron chi connectivity index (χ2n) is 30.3. The van der Waals surface area contributed by atoms with Crippen molar-refractivity contribution in [1.29, 1.82) is 0 Å². The topological polar surface area (TPSA) is 207 Å². The number of hydrogen-bond acceptors (Lipinski definition) is 21. The van der Waals surface area contributed by atoms with Gasteiger partial charge in [0.2, 0.25) is 5.91 Å². The van der Waals surface area contributed by atoms with E-state index in [1.807, 2.05) is 102 Å². The van der Waals surface area contributed by atoms with Crippen LogP contribution in [-0.4, -0.2) is 94.9 Å². The van der Waals surface area contributed by atoms with Gasteiger partial charge >= 0.3 is 12.1 Å². The van der Waals surface area contributed by atoms with Crippen molar-refractivity contribution < 1.29 is 41.4 Å². The van der Waals surface area contributed by atoms with E-state index in [1.165, 1.54) is 25.8 Å². The lowest BCUT2D eigenvalue weighted by Gasteiger charge is -2.18. The molecule has 0 spiro atoms. The monoisotopic (exact) mass is 1560 g/mol. The van der Waals surface area contributed by atoms with Gasteiger partial charge in [-0.05, 0) is 53.2 Å². The SMILES string of the molecule is C.C=C(Cc1csc(C(C)(C)C)n1)NC.C=C(Cc1csc(C(C)(C)C)n1)OCC.CC(C)NC(=O)Cc1csc(C(C)(C)C)n1.CC(C)c1nc(C(F)(F)F)cs1.CCOC(=O)Cn1cnc(C(C)(C)C)n1.COc1cnc(C(C)C)s1.Cc1cnc(C(C)(C)C)c(F)c1.Cc1csc(C(C)C)n1. The first-order chi connectivity index (χ1) is 47.3. The molecule has 0 fully saturated rings. The highest BCUT2D eigenvalue weighted by atomic mass is 32.1. The van der Waals surface area contributed by atoms with Crippen molar-refractivity contribution in [2.75, 3.05) is 27.4 Å². The number of thiazole rings is 6. The third-order valence-corrected chi connectivity index (χ3v) is 20.6. The quantitative estimate of drug-likeness (QED) is 0.0494. The average Bonchev–Trinajstić information content (AvgIpc) is 1.33. The fourth-order valence-electron chi connectivity index (χ4n) is 7.59. The third kappa shape index (κ3) is 39.3. The fourth-order valence-corrected chi connectivity index (χ4v) is 12.7. The van der Waals surface area contributed by atoms with Gasteiger partial charge in [0, 0.05) is 115 Å². The Balaban J connectivity index is 0.00000117. The van der Waals surface area contributed by atoms with Crippen LogP contribution in [0.15, 0.2) is 76.3 Å². The molecule has 17 nitrogen and oxygen atoms in total. The molecule has 2 N–H and O–H groups in total. The molecule has 104 heavy (non-hydrogen) atoms. The highest BCUT2D eigenvalue weighted by Crippen LogP contribution is 2.33. The van der Waals surface area contributed by atoms with E-state index in [2.05, 4.69) is 175 Å². The number of aryl methyl sites for hydroxylation is 2. The minimum absolute atomic E-state index is 0. The number of alkyl halides is 3. The third-order valence-electron chi connectivity index (χ3n) is 13.0. The zero-order valence-corrected chi connectivity index (χ0v) is 71.5. The van der Waals surface area contributed by atoms with Gasteiger partial charge in [-0.25, -0.2) is 44.0 Å². The highest BCUT2D eigenvalue weighted by molar-refractivity contribution is 7.13. The summed E-state index contributed by atoms with van der Waals surface area (Å²) in [5, 5.41) is 26.7. The molecule has 0 bridgehead atoms. The van der Waals surface area contributed by atoms with Gasteiger partial charge in [-0.2, -0.15) is 18.3 Å². The number of nitrogens with one attached hydrogen (secondary N) is 2.